The van der Waals surface area contributed by atoms with Crippen molar-refractivity contribution in [2.75, 3.05) is 23.3 Å². The summed E-state index contributed by atoms with van der Waals surface area (Å²) in [5.41, 5.74) is 2.42. The van der Waals surface area contributed by atoms with Gasteiger partial charge in [0.05, 0.1) is 0 Å². The van der Waals surface area contributed by atoms with E-state index in [2.05, 4.69) is 37.9 Å². The summed E-state index contributed by atoms with van der Waals surface area (Å²) in [4.78, 5) is 6.66. The summed E-state index contributed by atoms with van der Waals surface area (Å²) in [7, 11) is 0. The van der Waals surface area contributed by atoms with Gasteiger partial charge >= 0.3 is 0 Å². The van der Waals surface area contributed by atoms with E-state index in [1.54, 1.807) is 0 Å². The fraction of sp³-hybridized carbons (Fsp3) is 0.545. The number of nitrogens with zero attached hydrogens (tertiary/aromatic N) is 2. The lowest BCUT2D eigenvalue weighted by atomic mass is 10.2. The summed E-state index contributed by atoms with van der Waals surface area (Å²) in [5.74, 6) is 0.809. The molecular weight excluding hydrogens is 240 g/mol. The van der Waals surface area contributed by atoms with E-state index in [-0.39, 0.29) is 0 Å². The Bertz CT molecular complexity index is 314. The summed E-state index contributed by atoms with van der Waals surface area (Å²) < 4.78 is 0. The van der Waals surface area contributed by atoms with Crippen molar-refractivity contribution in [3.8, 4) is 0 Å². The number of anilines is 1. The molecule has 0 aromatic carbocycles. The van der Waals surface area contributed by atoms with Crippen LogP contribution in [0, 0.1) is 12.8 Å². The van der Waals surface area contributed by atoms with Crippen LogP contribution in [-0.2, 0) is 0 Å². The highest BCUT2D eigenvalue weighted by Crippen LogP contribution is 2.24. The predicted octanol–water partition coefficient (Wildman–Crippen LogP) is 2.61. The quantitative estimate of drug-likeness (QED) is 0.755. The second-order valence-electron chi connectivity index (χ2n) is 3.91. The van der Waals surface area contributed by atoms with E-state index in [1.165, 1.54) is 25.2 Å². The second kappa shape index (κ2) is 4.30. The Kier molecular flexibility index (Phi) is 3.06. The maximum Gasteiger partial charge on any atom is 0.0399 e. The normalized spacial score (nSPS) is 21.6. The first-order chi connectivity index (χ1) is 6.79. The molecule has 3 heteroatoms. The van der Waals surface area contributed by atoms with Crippen LogP contribution in [0.3, 0.4) is 0 Å². The third-order valence-corrected chi connectivity index (χ3v) is 3.67. The van der Waals surface area contributed by atoms with E-state index in [1.807, 2.05) is 13.1 Å². The first-order valence-corrected chi connectivity index (χ1v) is 6.15. The number of aryl methyl sites for hydroxylation is 1. The van der Waals surface area contributed by atoms with Crippen LogP contribution in [0.2, 0.25) is 0 Å². The van der Waals surface area contributed by atoms with Crippen LogP contribution < -0.4 is 4.90 Å². The van der Waals surface area contributed by atoms with Gasteiger partial charge in [-0.3, -0.25) is 4.98 Å². The van der Waals surface area contributed by atoms with Gasteiger partial charge in [-0.1, -0.05) is 15.9 Å². The molecule has 1 aromatic rings. The Morgan fingerprint density at radius 3 is 3.14 bits per heavy atom. The molecule has 1 unspecified atom stereocenters. The number of hydrogen-bond acceptors (Lipinski definition) is 2. The van der Waals surface area contributed by atoms with Crippen molar-refractivity contribution in [1.29, 1.82) is 0 Å². The third-order valence-electron chi connectivity index (χ3n) is 2.75. The van der Waals surface area contributed by atoms with Gasteiger partial charge in [-0.25, -0.2) is 0 Å². The van der Waals surface area contributed by atoms with E-state index >= 15 is 0 Å². The summed E-state index contributed by atoms with van der Waals surface area (Å²) in [5, 5.41) is 1.12. The van der Waals surface area contributed by atoms with Crippen LogP contribution in [0.5, 0.6) is 0 Å². The standard InChI is InChI=1S/C11H15BrN2/c1-9-6-11(2-4-13-9)14-5-3-10(7-12)8-14/h2,4,6,10H,3,5,7-8H2,1H3. The van der Waals surface area contributed by atoms with E-state index in [9.17, 15) is 0 Å². The van der Waals surface area contributed by atoms with E-state index in [0.29, 0.717) is 0 Å². The molecule has 0 amide bonds. The molecule has 0 radical (unpaired) electrons. The number of rotatable bonds is 2. The molecule has 2 nitrogen and oxygen atoms in total. The van der Waals surface area contributed by atoms with Crippen LogP contribution in [0.25, 0.3) is 0 Å². The van der Waals surface area contributed by atoms with Crippen molar-refractivity contribution in [3.05, 3.63) is 24.0 Å². The molecule has 76 valence electrons. The Balaban J connectivity index is 2.09. The molecule has 0 bridgehead atoms. The molecule has 0 spiro atoms. The van der Waals surface area contributed by atoms with Crippen molar-refractivity contribution in [3.63, 3.8) is 0 Å². The molecule has 2 heterocycles. The van der Waals surface area contributed by atoms with E-state index in [4.69, 9.17) is 0 Å². The number of aromatic nitrogens is 1. The van der Waals surface area contributed by atoms with Crippen molar-refractivity contribution in [1.82, 2.24) is 4.98 Å². The van der Waals surface area contributed by atoms with Crippen molar-refractivity contribution < 1.29 is 0 Å². The van der Waals surface area contributed by atoms with Crippen LogP contribution in [0.1, 0.15) is 12.1 Å². The minimum absolute atomic E-state index is 0.809. The smallest absolute Gasteiger partial charge is 0.0399 e. The van der Waals surface area contributed by atoms with Crippen molar-refractivity contribution >= 4 is 21.6 Å². The topological polar surface area (TPSA) is 16.1 Å². The summed E-state index contributed by atoms with van der Waals surface area (Å²) in [6, 6.07) is 4.26. The maximum absolute atomic E-state index is 4.21. The van der Waals surface area contributed by atoms with Crippen LogP contribution in [0.15, 0.2) is 18.3 Å². The minimum atomic E-state index is 0.809. The molecule has 0 aliphatic carbocycles. The molecule has 14 heavy (non-hydrogen) atoms. The fourth-order valence-corrected chi connectivity index (χ4v) is 2.45. The average Bonchev–Trinajstić information content (AvgIpc) is 2.66. The second-order valence-corrected chi connectivity index (χ2v) is 4.56. The Morgan fingerprint density at radius 2 is 2.50 bits per heavy atom. The largest absolute Gasteiger partial charge is 0.371 e. The molecule has 0 N–H and O–H groups in total. The molecule has 1 aliphatic rings. The zero-order chi connectivity index (χ0) is 9.97. The number of halogens is 1. The molecule has 1 aliphatic heterocycles. The Labute approximate surface area is 93.5 Å². The molecular formula is C11H15BrN2. The van der Waals surface area contributed by atoms with E-state index < -0.39 is 0 Å². The van der Waals surface area contributed by atoms with Crippen LogP contribution >= 0.6 is 15.9 Å². The first kappa shape index (κ1) is 9.97. The molecule has 0 saturated carbocycles. The molecule has 1 atom stereocenters. The van der Waals surface area contributed by atoms with Gasteiger partial charge in [-0.05, 0) is 31.4 Å². The average molecular weight is 255 g/mol. The summed E-state index contributed by atoms with van der Waals surface area (Å²) in [6.07, 6.45) is 3.19. The molecule has 1 saturated heterocycles. The minimum Gasteiger partial charge on any atom is -0.371 e. The first-order valence-electron chi connectivity index (χ1n) is 5.03. The third kappa shape index (κ3) is 2.08. The van der Waals surface area contributed by atoms with Gasteiger partial charge in [-0.15, -0.1) is 0 Å². The highest BCUT2D eigenvalue weighted by molar-refractivity contribution is 9.09. The zero-order valence-corrected chi connectivity index (χ0v) is 10.00. The van der Waals surface area contributed by atoms with Gasteiger partial charge in [0.2, 0.25) is 0 Å². The maximum atomic E-state index is 4.21. The number of pyridine rings is 1. The molecule has 1 fully saturated rings. The van der Waals surface area contributed by atoms with Crippen molar-refractivity contribution in [2.24, 2.45) is 5.92 Å². The SMILES string of the molecule is Cc1cc(N2CCC(CBr)C2)ccn1. The highest BCUT2D eigenvalue weighted by Gasteiger charge is 2.21. The van der Waals surface area contributed by atoms with Gasteiger partial charge in [-0.2, -0.15) is 0 Å². The highest BCUT2D eigenvalue weighted by atomic mass is 79.9. The van der Waals surface area contributed by atoms with Gasteiger partial charge < -0.3 is 4.90 Å². The van der Waals surface area contributed by atoms with Gasteiger partial charge in [0.15, 0.2) is 0 Å². The summed E-state index contributed by atoms with van der Waals surface area (Å²) in [6.45, 7) is 4.40. The van der Waals surface area contributed by atoms with Crippen molar-refractivity contribution in [2.45, 2.75) is 13.3 Å². The Morgan fingerprint density at radius 1 is 1.64 bits per heavy atom. The monoisotopic (exact) mass is 254 g/mol. The molecule has 1 aromatic heterocycles. The van der Waals surface area contributed by atoms with Gasteiger partial charge in [0, 0.05) is 36.0 Å². The predicted molar refractivity (Wildman–Crippen MR) is 63.1 cm³/mol. The van der Waals surface area contributed by atoms with E-state index in [0.717, 1.165) is 16.9 Å². The number of alkyl halides is 1. The Hall–Kier alpha value is -0.570. The molecule has 2 rings (SSSR count). The fourth-order valence-electron chi connectivity index (χ4n) is 1.92. The van der Waals surface area contributed by atoms with Gasteiger partial charge in [0.25, 0.3) is 0 Å². The number of hydrogen-bond donors (Lipinski definition) is 0. The van der Waals surface area contributed by atoms with Crippen LogP contribution in [-0.4, -0.2) is 23.4 Å². The lowest BCUT2D eigenvalue weighted by Gasteiger charge is -2.18. The summed E-state index contributed by atoms with van der Waals surface area (Å²) >= 11 is 3.55. The van der Waals surface area contributed by atoms with Crippen LogP contribution in [0.4, 0.5) is 5.69 Å². The lowest BCUT2D eigenvalue weighted by Crippen LogP contribution is -2.19. The zero-order valence-electron chi connectivity index (χ0n) is 8.41. The van der Waals surface area contributed by atoms with Gasteiger partial charge in [0.1, 0.15) is 0 Å². The lowest BCUT2D eigenvalue weighted by molar-refractivity contribution is 0.676.